The molecule has 7 N–H and O–H groups in total. The molecule has 0 aliphatic rings. The molecule has 6 nitrogen and oxygen atoms in total. The molecule has 0 aliphatic heterocycles. The fourth-order valence-electron chi connectivity index (χ4n) is 0.227. The van der Waals surface area contributed by atoms with E-state index in [1.807, 2.05) is 0 Å². The van der Waals surface area contributed by atoms with Crippen LogP contribution in [0, 0.1) is 5.41 Å². The number of nitrogens with two attached hydrogens (primary N) is 3. The van der Waals surface area contributed by atoms with Crippen molar-refractivity contribution >= 4 is 24.3 Å². The number of hydrogen-bond donors (Lipinski definition) is 4. The van der Waals surface area contributed by atoms with Crippen LogP contribution in [0.5, 0.6) is 0 Å². The Morgan fingerprint density at radius 2 is 1.80 bits per heavy atom. The quantitative estimate of drug-likeness (QED) is 0.214. The van der Waals surface area contributed by atoms with Gasteiger partial charge in [-0.3, -0.25) is 5.41 Å². The van der Waals surface area contributed by atoms with Gasteiger partial charge in [0.1, 0.15) is 0 Å². The highest BCUT2D eigenvalue weighted by Gasteiger charge is 1.93. The van der Waals surface area contributed by atoms with Gasteiger partial charge in [0.2, 0.25) is 11.9 Å². The Morgan fingerprint density at radius 3 is 1.90 bits per heavy atom. The summed E-state index contributed by atoms with van der Waals surface area (Å²) in [6.07, 6.45) is 0. The molecular formula is C3H11ClN6. The van der Waals surface area contributed by atoms with Gasteiger partial charge in [-0.2, -0.15) is 0 Å². The highest BCUT2D eigenvalue weighted by Crippen LogP contribution is 1.76. The molecule has 0 bridgehead atoms. The van der Waals surface area contributed by atoms with E-state index in [4.69, 9.17) is 22.6 Å². The molecule has 0 heterocycles. The molecule has 0 rings (SSSR count). The predicted molar refractivity (Wildman–Crippen MR) is 42.7 cm³/mol. The van der Waals surface area contributed by atoms with Gasteiger partial charge in [0, 0.05) is 7.05 Å². The number of rotatable bonds is 1. The van der Waals surface area contributed by atoms with Crippen molar-refractivity contribution in [2.75, 3.05) is 7.05 Å². The first-order chi connectivity index (χ1) is 4.04. The van der Waals surface area contributed by atoms with E-state index in [1.165, 1.54) is 7.05 Å². The summed E-state index contributed by atoms with van der Waals surface area (Å²) in [5.41, 5.74) is 14.9. The van der Waals surface area contributed by atoms with Crippen LogP contribution in [0.2, 0.25) is 0 Å². The monoisotopic (exact) mass is 166 g/mol. The maximum absolute atomic E-state index is 6.78. The zero-order valence-electron chi connectivity index (χ0n) is 5.53. The lowest BCUT2D eigenvalue weighted by Gasteiger charge is -2.08. The van der Waals surface area contributed by atoms with Gasteiger partial charge in [-0.15, -0.1) is 17.5 Å². The molecule has 0 spiro atoms. The van der Waals surface area contributed by atoms with Gasteiger partial charge in [0.25, 0.3) is 0 Å². The first kappa shape index (κ1) is 11.6. The zero-order chi connectivity index (χ0) is 7.44. The summed E-state index contributed by atoms with van der Waals surface area (Å²) in [4.78, 5) is 0. The first-order valence-corrected chi connectivity index (χ1v) is 2.21. The molecule has 0 atom stereocenters. The molecule has 0 saturated carbocycles. The second-order valence-electron chi connectivity index (χ2n) is 1.43. The van der Waals surface area contributed by atoms with Crippen LogP contribution in [-0.4, -0.2) is 24.0 Å². The van der Waals surface area contributed by atoms with Crippen LogP contribution < -0.4 is 17.2 Å². The smallest absolute Gasteiger partial charge is 0.209 e. The molecule has 0 aromatic rings. The van der Waals surface area contributed by atoms with Crippen molar-refractivity contribution in [2.24, 2.45) is 22.3 Å². The summed E-state index contributed by atoms with van der Waals surface area (Å²) in [5, 5.41) is 11.3. The number of halogens is 1. The van der Waals surface area contributed by atoms with E-state index in [1.54, 1.807) is 0 Å². The maximum Gasteiger partial charge on any atom is 0.209 e. The molecule has 0 aromatic heterocycles. The Labute approximate surface area is 65.0 Å². The highest BCUT2D eigenvalue weighted by atomic mass is 35.5. The Bertz CT molecular complexity index is 138. The molecule has 60 valence electrons. The van der Waals surface area contributed by atoms with Crippen molar-refractivity contribution in [3.63, 3.8) is 0 Å². The van der Waals surface area contributed by atoms with Crippen LogP contribution >= 0.6 is 12.4 Å². The van der Waals surface area contributed by atoms with Crippen molar-refractivity contribution in [3.8, 4) is 0 Å². The molecule has 0 fully saturated rings. The van der Waals surface area contributed by atoms with Gasteiger partial charge >= 0.3 is 0 Å². The summed E-state index contributed by atoms with van der Waals surface area (Å²) >= 11 is 0. The molecular weight excluding hydrogens is 156 g/mol. The SMILES string of the molecule is CN(N=C(N)N)C(=N)N.Cl. The van der Waals surface area contributed by atoms with Gasteiger partial charge in [-0.05, 0) is 0 Å². The van der Waals surface area contributed by atoms with Crippen LogP contribution in [-0.2, 0) is 0 Å². The Balaban J connectivity index is 0. The molecule has 7 heteroatoms. The van der Waals surface area contributed by atoms with E-state index in [9.17, 15) is 0 Å². The molecule has 0 aromatic carbocycles. The topological polar surface area (TPSA) is 118 Å². The van der Waals surface area contributed by atoms with Crippen LogP contribution in [0.25, 0.3) is 0 Å². The maximum atomic E-state index is 6.78. The number of hydrazone groups is 1. The normalized spacial score (nSPS) is 7.30. The molecule has 10 heavy (non-hydrogen) atoms. The average molecular weight is 167 g/mol. The summed E-state index contributed by atoms with van der Waals surface area (Å²) in [6.45, 7) is 0. The molecule has 0 saturated heterocycles. The van der Waals surface area contributed by atoms with Crippen LogP contribution in [0.15, 0.2) is 5.10 Å². The third-order valence-corrected chi connectivity index (χ3v) is 0.614. The lowest BCUT2D eigenvalue weighted by molar-refractivity contribution is 0.531. The lowest BCUT2D eigenvalue weighted by atomic mass is 10.9. The van der Waals surface area contributed by atoms with Crippen LogP contribution in [0.3, 0.4) is 0 Å². The average Bonchev–Trinajstić information content (AvgIpc) is 1.63. The van der Waals surface area contributed by atoms with E-state index in [0.29, 0.717) is 0 Å². The van der Waals surface area contributed by atoms with Crippen molar-refractivity contribution in [2.45, 2.75) is 0 Å². The second-order valence-corrected chi connectivity index (χ2v) is 1.43. The molecule has 0 amide bonds. The standard InChI is InChI=1S/C3H10N6.ClH/c1-9(3(6)7)8-2(4)5;/h1H3,(H3,6,7)(H4,4,5,8);1H. The second kappa shape index (κ2) is 4.68. The van der Waals surface area contributed by atoms with Crippen molar-refractivity contribution in [1.29, 1.82) is 5.41 Å². The fourth-order valence-corrected chi connectivity index (χ4v) is 0.227. The zero-order valence-corrected chi connectivity index (χ0v) is 6.35. The van der Waals surface area contributed by atoms with Crippen LogP contribution in [0.1, 0.15) is 0 Å². The number of hydrogen-bond acceptors (Lipinski definition) is 2. The van der Waals surface area contributed by atoms with Crippen molar-refractivity contribution < 1.29 is 0 Å². The number of nitrogens with one attached hydrogen (secondary N) is 1. The minimum Gasteiger partial charge on any atom is -0.369 e. The van der Waals surface area contributed by atoms with Gasteiger partial charge in [-0.1, -0.05) is 0 Å². The summed E-state index contributed by atoms with van der Waals surface area (Å²) in [5.74, 6) is -0.323. The minimum absolute atomic E-state index is 0. The lowest BCUT2D eigenvalue weighted by Crippen LogP contribution is -2.33. The molecule has 0 unspecified atom stereocenters. The summed E-state index contributed by atoms with van der Waals surface area (Å²) in [7, 11) is 1.47. The summed E-state index contributed by atoms with van der Waals surface area (Å²) in [6, 6.07) is 0. The van der Waals surface area contributed by atoms with Crippen LogP contribution in [0.4, 0.5) is 0 Å². The Kier molecular flexibility index (Phi) is 5.44. The van der Waals surface area contributed by atoms with E-state index < -0.39 is 0 Å². The van der Waals surface area contributed by atoms with Gasteiger partial charge in [-0.25, -0.2) is 5.01 Å². The largest absolute Gasteiger partial charge is 0.369 e. The van der Waals surface area contributed by atoms with Gasteiger partial charge in [0.15, 0.2) is 0 Å². The molecule has 0 radical (unpaired) electrons. The predicted octanol–water partition coefficient (Wildman–Crippen LogP) is -1.58. The third kappa shape index (κ3) is 4.98. The van der Waals surface area contributed by atoms with E-state index in [0.717, 1.165) is 5.01 Å². The van der Waals surface area contributed by atoms with Gasteiger partial charge in [0.05, 0.1) is 0 Å². The van der Waals surface area contributed by atoms with E-state index in [2.05, 4.69) is 5.10 Å². The first-order valence-electron chi connectivity index (χ1n) is 2.21. The van der Waals surface area contributed by atoms with E-state index >= 15 is 0 Å². The Hall–Kier alpha value is -1.17. The van der Waals surface area contributed by atoms with E-state index in [-0.39, 0.29) is 24.3 Å². The van der Waals surface area contributed by atoms with Gasteiger partial charge < -0.3 is 17.2 Å². The van der Waals surface area contributed by atoms with Crippen molar-refractivity contribution in [1.82, 2.24) is 5.01 Å². The molecule has 0 aliphatic carbocycles. The number of nitrogens with zero attached hydrogens (tertiary/aromatic N) is 2. The highest BCUT2D eigenvalue weighted by molar-refractivity contribution is 5.85. The third-order valence-electron chi connectivity index (χ3n) is 0.614. The fraction of sp³-hybridized carbons (Fsp3) is 0.333. The number of guanidine groups is 2. The van der Waals surface area contributed by atoms with Crippen molar-refractivity contribution in [3.05, 3.63) is 0 Å². The Morgan fingerprint density at radius 1 is 1.40 bits per heavy atom. The minimum atomic E-state index is -0.205. The summed E-state index contributed by atoms with van der Waals surface area (Å²) < 4.78 is 0.